The smallest absolute Gasteiger partial charge is 0.228 e. The molecule has 0 spiro atoms. The molecule has 1 heterocycles. The molecule has 0 aliphatic rings. The summed E-state index contributed by atoms with van der Waals surface area (Å²) in [6.45, 7) is 2.51. The monoisotopic (exact) mass is 300 g/mol. The highest BCUT2D eigenvalue weighted by atomic mass is 35.5. The maximum absolute atomic E-state index is 12.4. The third-order valence-corrected chi connectivity index (χ3v) is 3.44. The van der Waals surface area contributed by atoms with Crippen molar-refractivity contribution in [3.8, 4) is 5.75 Å². The van der Waals surface area contributed by atoms with Crippen LogP contribution in [0.1, 0.15) is 23.0 Å². The van der Waals surface area contributed by atoms with Gasteiger partial charge in [-0.3, -0.25) is 4.79 Å². The summed E-state index contributed by atoms with van der Waals surface area (Å²) in [6, 6.07) is 14.1. The van der Waals surface area contributed by atoms with Crippen molar-refractivity contribution in [3.63, 3.8) is 0 Å². The summed E-state index contributed by atoms with van der Waals surface area (Å²) in [5.74, 6) is 0.842. The number of benzene rings is 2. The van der Waals surface area contributed by atoms with Crippen LogP contribution in [0.5, 0.6) is 5.75 Å². The van der Waals surface area contributed by atoms with Crippen LogP contribution in [0.25, 0.3) is 11.0 Å². The van der Waals surface area contributed by atoms with Gasteiger partial charge in [-0.25, -0.2) is 0 Å². The molecule has 0 radical (unpaired) electrons. The molecule has 3 aromatic rings. The number of furan rings is 1. The summed E-state index contributed by atoms with van der Waals surface area (Å²) < 4.78 is 10.9. The maximum atomic E-state index is 12.4. The van der Waals surface area contributed by atoms with Gasteiger partial charge in [0, 0.05) is 10.9 Å². The van der Waals surface area contributed by atoms with E-state index in [0.717, 1.165) is 11.1 Å². The Morgan fingerprint density at radius 3 is 2.62 bits per heavy atom. The molecular formula is C17H13ClO3. The number of hydrogen-bond acceptors (Lipinski definition) is 3. The van der Waals surface area contributed by atoms with Gasteiger partial charge < -0.3 is 9.15 Å². The van der Waals surface area contributed by atoms with Gasteiger partial charge in [0.25, 0.3) is 0 Å². The first-order chi connectivity index (χ1) is 10.2. The Kier molecular flexibility index (Phi) is 3.67. The molecule has 0 aliphatic heterocycles. The van der Waals surface area contributed by atoms with Crippen molar-refractivity contribution >= 4 is 28.4 Å². The van der Waals surface area contributed by atoms with Crippen molar-refractivity contribution in [1.29, 1.82) is 0 Å². The van der Waals surface area contributed by atoms with E-state index in [9.17, 15) is 4.79 Å². The normalized spacial score (nSPS) is 10.8. The highest BCUT2D eigenvalue weighted by molar-refractivity contribution is 6.35. The van der Waals surface area contributed by atoms with Crippen LogP contribution < -0.4 is 4.74 Å². The van der Waals surface area contributed by atoms with Gasteiger partial charge in [0.05, 0.1) is 11.6 Å². The number of halogens is 1. The number of fused-ring (bicyclic) bond motifs is 1. The third-order valence-electron chi connectivity index (χ3n) is 3.15. The van der Waals surface area contributed by atoms with Gasteiger partial charge in [-0.1, -0.05) is 23.7 Å². The third kappa shape index (κ3) is 2.65. The van der Waals surface area contributed by atoms with E-state index in [1.165, 1.54) is 0 Å². The summed E-state index contributed by atoms with van der Waals surface area (Å²) in [5.41, 5.74) is 1.09. The Bertz CT molecular complexity index is 787. The van der Waals surface area contributed by atoms with Crippen LogP contribution >= 0.6 is 11.6 Å². The Balaban J connectivity index is 1.94. The number of carbonyl (C=O) groups is 1. The van der Waals surface area contributed by atoms with Crippen molar-refractivity contribution in [3.05, 3.63) is 64.9 Å². The van der Waals surface area contributed by atoms with E-state index in [0.29, 0.717) is 22.8 Å². The number of carbonyl (C=O) groups excluding carboxylic acids is 1. The number of rotatable bonds is 4. The molecule has 0 fully saturated rings. The molecule has 0 N–H and O–H groups in total. The van der Waals surface area contributed by atoms with E-state index in [4.69, 9.17) is 20.8 Å². The molecule has 0 saturated heterocycles. The summed E-state index contributed by atoms with van der Waals surface area (Å²) in [6.07, 6.45) is 0. The van der Waals surface area contributed by atoms with Gasteiger partial charge >= 0.3 is 0 Å². The second kappa shape index (κ2) is 5.62. The first kappa shape index (κ1) is 13.7. The highest BCUT2D eigenvalue weighted by Gasteiger charge is 2.15. The Hall–Kier alpha value is -2.26. The number of ether oxygens (including phenoxy) is 1. The molecule has 4 heteroatoms. The van der Waals surface area contributed by atoms with Crippen molar-refractivity contribution in [2.75, 3.05) is 6.61 Å². The van der Waals surface area contributed by atoms with Crippen LogP contribution in [0.15, 0.2) is 52.9 Å². The minimum absolute atomic E-state index is 0.176. The van der Waals surface area contributed by atoms with Crippen LogP contribution in [0.2, 0.25) is 5.02 Å². The molecule has 106 valence electrons. The average Bonchev–Trinajstić information content (AvgIpc) is 2.93. The van der Waals surface area contributed by atoms with Gasteiger partial charge in [0.15, 0.2) is 11.3 Å². The van der Waals surface area contributed by atoms with Gasteiger partial charge in [-0.2, -0.15) is 0 Å². The van der Waals surface area contributed by atoms with E-state index in [1.807, 2.05) is 19.1 Å². The lowest BCUT2D eigenvalue weighted by Gasteiger charge is -2.03. The van der Waals surface area contributed by atoms with Crippen LogP contribution in [0.4, 0.5) is 0 Å². The molecule has 0 atom stereocenters. The largest absolute Gasteiger partial charge is 0.494 e. The number of hydrogen-bond donors (Lipinski definition) is 0. The second-order valence-electron chi connectivity index (χ2n) is 4.56. The molecule has 3 rings (SSSR count). The Morgan fingerprint density at radius 2 is 1.95 bits per heavy atom. The van der Waals surface area contributed by atoms with E-state index in [-0.39, 0.29) is 11.5 Å². The van der Waals surface area contributed by atoms with Crippen molar-refractivity contribution < 1.29 is 13.9 Å². The molecule has 0 bridgehead atoms. The van der Waals surface area contributed by atoms with Crippen molar-refractivity contribution in [2.45, 2.75) is 6.92 Å². The zero-order valence-corrected chi connectivity index (χ0v) is 12.2. The van der Waals surface area contributed by atoms with Crippen LogP contribution in [-0.4, -0.2) is 12.4 Å². The van der Waals surface area contributed by atoms with Gasteiger partial charge in [-0.05, 0) is 43.3 Å². The molecule has 0 saturated carbocycles. The SMILES string of the molecule is CCOc1ccc(C(=O)c2cc3cccc(Cl)c3o2)cc1. The first-order valence-electron chi connectivity index (χ1n) is 6.64. The topological polar surface area (TPSA) is 39.4 Å². The van der Waals surface area contributed by atoms with Crippen LogP contribution in [-0.2, 0) is 0 Å². The molecule has 0 amide bonds. The van der Waals surface area contributed by atoms with Gasteiger partial charge in [0.2, 0.25) is 5.78 Å². The van der Waals surface area contributed by atoms with E-state index >= 15 is 0 Å². The Morgan fingerprint density at radius 1 is 1.19 bits per heavy atom. The fourth-order valence-electron chi connectivity index (χ4n) is 2.15. The fourth-order valence-corrected chi connectivity index (χ4v) is 2.37. The molecule has 21 heavy (non-hydrogen) atoms. The summed E-state index contributed by atoms with van der Waals surface area (Å²) in [5, 5.41) is 1.31. The van der Waals surface area contributed by atoms with Crippen molar-refractivity contribution in [2.24, 2.45) is 0 Å². The van der Waals surface area contributed by atoms with Crippen LogP contribution in [0, 0.1) is 0 Å². The minimum Gasteiger partial charge on any atom is -0.494 e. The predicted octanol–water partition coefficient (Wildman–Crippen LogP) is 4.72. The minimum atomic E-state index is -0.176. The summed E-state index contributed by atoms with van der Waals surface area (Å²) in [4.78, 5) is 12.4. The molecule has 0 unspecified atom stereocenters. The fraction of sp³-hybridized carbons (Fsp3) is 0.118. The zero-order valence-electron chi connectivity index (χ0n) is 11.4. The standard InChI is InChI=1S/C17H13ClO3/c1-2-20-13-8-6-11(7-9-13)16(19)15-10-12-4-3-5-14(18)17(12)21-15/h3-10H,2H2,1H3. The lowest BCUT2D eigenvalue weighted by atomic mass is 10.1. The number of para-hydroxylation sites is 1. The van der Waals surface area contributed by atoms with E-state index < -0.39 is 0 Å². The van der Waals surface area contributed by atoms with E-state index in [2.05, 4.69) is 0 Å². The Labute approximate surface area is 127 Å². The van der Waals surface area contributed by atoms with Gasteiger partial charge in [0.1, 0.15) is 5.75 Å². The predicted molar refractivity (Wildman–Crippen MR) is 82.3 cm³/mol. The average molecular weight is 301 g/mol. The first-order valence-corrected chi connectivity index (χ1v) is 7.02. The lowest BCUT2D eigenvalue weighted by Crippen LogP contribution is -1.99. The second-order valence-corrected chi connectivity index (χ2v) is 4.96. The number of ketones is 1. The lowest BCUT2D eigenvalue weighted by molar-refractivity contribution is 0.101. The summed E-state index contributed by atoms with van der Waals surface area (Å²) >= 11 is 6.06. The highest BCUT2D eigenvalue weighted by Crippen LogP contribution is 2.28. The van der Waals surface area contributed by atoms with Gasteiger partial charge in [-0.15, -0.1) is 0 Å². The van der Waals surface area contributed by atoms with Crippen molar-refractivity contribution in [1.82, 2.24) is 0 Å². The zero-order chi connectivity index (χ0) is 14.8. The summed E-state index contributed by atoms with van der Waals surface area (Å²) in [7, 11) is 0. The maximum Gasteiger partial charge on any atom is 0.228 e. The quantitative estimate of drug-likeness (QED) is 0.655. The molecule has 2 aromatic carbocycles. The molecule has 1 aromatic heterocycles. The van der Waals surface area contributed by atoms with E-state index in [1.54, 1.807) is 36.4 Å². The molecule has 3 nitrogen and oxygen atoms in total. The van der Waals surface area contributed by atoms with Crippen LogP contribution in [0.3, 0.4) is 0 Å². The molecule has 0 aliphatic carbocycles. The molecular weight excluding hydrogens is 288 g/mol.